The third kappa shape index (κ3) is 6.52. The number of anilines is 1. The fourth-order valence-corrected chi connectivity index (χ4v) is 6.00. The lowest BCUT2D eigenvalue weighted by Crippen LogP contribution is -2.27. The number of carbonyl (C=O) groups is 1. The minimum atomic E-state index is -1.25. The van der Waals surface area contributed by atoms with Crippen molar-refractivity contribution in [3.63, 3.8) is 0 Å². The van der Waals surface area contributed by atoms with E-state index in [2.05, 4.69) is 20.4 Å². The highest BCUT2D eigenvalue weighted by Crippen LogP contribution is 2.34. The lowest BCUT2D eigenvalue weighted by atomic mass is 9.93. The molecule has 6 rings (SSSR count). The lowest BCUT2D eigenvalue weighted by molar-refractivity contribution is 0.0513. The number of rotatable bonds is 6. The van der Waals surface area contributed by atoms with E-state index in [1.807, 2.05) is 32.9 Å². The number of aromatic nitrogens is 6. The first kappa shape index (κ1) is 32.4. The zero-order valence-electron chi connectivity index (χ0n) is 27.1. The molecule has 0 aliphatic heterocycles. The van der Waals surface area contributed by atoms with Gasteiger partial charge < -0.3 is 15.2 Å². The molecule has 3 aromatic heterocycles. The van der Waals surface area contributed by atoms with Crippen LogP contribution in [0, 0.1) is 5.82 Å². The molecule has 0 saturated heterocycles. The number of aryl methyl sites for hydroxylation is 1. The Morgan fingerprint density at radius 2 is 1.87 bits per heavy atom. The molecule has 2 N–H and O–H groups in total. The smallest absolute Gasteiger partial charge is 0.435 e. The summed E-state index contributed by atoms with van der Waals surface area (Å²) in [4.78, 5) is 34.3. The normalized spacial score (nSPS) is 15.1. The van der Waals surface area contributed by atoms with Crippen LogP contribution >= 0.6 is 11.6 Å². The number of aliphatic hydroxyl groups is 1. The lowest BCUT2D eigenvalue weighted by Gasteiger charge is -2.24. The number of hydrogen-bond acceptors (Lipinski definition) is 8. The Balaban J connectivity index is 1.30. The number of hydrogen-bond donors (Lipinski definition) is 2. The van der Waals surface area contributed by atoms with Gasteiger partial charge in [0.05, 0.1) is 29.2 Å². The second kappa shape index (κ2) is 11.9. The molecule has 1 aliphatic carbocycles. The first-order valence-electron chi connectivity index (χ1n) is 15.4. The topological polar surface area (TPSA) is 129 Å². The van der Waals surface area contributed by atoms with Crippen LogP contribution in [0.3, 0.4) is 0 Å². The Morgan fingerprint density at radius 3 is 2.55 bits per heavy atom. The van der Waals surface area contributed by atoms with Gasteiger partial charge in [-0.25, -0.2) is 19.2 Å². The second-order valence-electron chi connectivity index (χ2n) is 13.4. The summed E-state index contributed by atoms with van der Waals surface area (Å²) in [5, 5.41) is 19.1. The molecular formula is C34H37ClFN7O4. The van der Waals surface area contributed by atoms with Gasteiger partial charge in [-0.2, -0.15) is 9.78 Å². The summed E-state index contributed by atoms with van der Waals surface area (Å²) in [5.74, 6) is -0.375. The van der Waals surface area contributed by atoms with Crippen LogP contribution in [0.15, 0.2) is 53.7 Å². The highest BCUT2D eigenvalue weighted by Gasteiger charge is 2.28. The van der Waals surface area contributed by atoms with Crippen molar-refractivity contribution in [1.29, 1.82) is 0 Å². The third-order valence-electron chi connectivity index (χ3n) is 8.14. The first-order valence-corrected chi connectivity index (χ1v) is 15.8. The van der Waals surface area contributed by atoms with Crippen molar-refractivity contribution in [2.75, 3.05) is 5.32 Å². The molecule has 246 valence electrons. The molecular weight excluding hydrogens is 625 g/mol. The fourth-order valence-electron chi connectivity index (χ4n) is 5.82. The van der Waals surface area contributed by atoms with Crippen LogP contribution in [0.5, 0.6) is 0 Å². The summed E-state index contributed by atoms with van der Waals surface area (Å²) < 4.78 is 25.3. The molecule has 0 amide bonds. The van der Waals surface area contributed by atoms with E-state index in [-0.39, 0.29) is 34.9 Å². The molecule has 1 aliphatic rings. The Morgan fingerprint density at radius 1 is 1.15 bits per heavy atom. The maximum atomic E-state index is 15.3. The van der Waals surface area contributed by atoms with Crippen LogP contribution in [0.25, 0.3) is 22.0 Å². The number of carbonyl (C=O) groups excluding carboxylic acids is 1. The van der Waals surface area contributed by atoms with Gasteiger partial charge >= 0.3 is 6.09 Å². The molecule has 0 radical (unpaired) electrons. The predicted molar refractivity (Wildman–Crippen MR) is 177 cm³/mol. The molecule has 0 saturated carbocycles. The van der Waals surface area contributed by atoms with E-state index in [1.54, 1.807) is 43.9 Å². The Bertz CT molecular complexity index is 2050. The highest BCUT2D eigenvalue weighted by atomic mass is 35.5. The van der Waals surface area contributed by atoms with Crippen LogP contribution < -0.4 is 10.9 Å². The molecule has 1 unspecified atom stereocenters. The van der Waals surface area contributed by atoms with Crippen molar-refractivity contribution >= 4 is 34.3 Å². The first-order chi connectivity index (χ1) is 22.1. The van der Waals surface area contributed by atoms with E-state index in [1.165, 1.54) is 27.8 Å². The predicted octanol–water partition coefficient (Wildman–Crippen LogP) is 6.33. The zero-order chi connectivity index (χ0) is 33.8. The highest BCUT2D eigenvalue weighted by molar-refractivity contribution is 6.31. The molecule has 2 aromatic carbocycles. The molecule has 0 fully saturated rings. The van der Waals surface area contributed by atoms with Gasteiger partial charge in [-0.15, -0.1) is 0 Å². The van der Waals surface area contributed by atoms with E-state index in [0.717, 1.165) is 41.8 Å². The molecule has 0 bridgehead atoms. The van der Waals surface area contributed by atoms with Crippen LogP contribution in [-0.2, 0) is 30.4 Å². The van der Waals surface area contributed by atoms with Crippen LogP contribution in [0.4, 0.5) is 14.9 Å². The number of nitrogens with one attached hydrogen (secondary N) is 1. The number of halogens is 2. The quantitative estimate of drug-likeness (QED) is 0.216. The summed E-state index contributed by atoms with van der Waals surface area (Å²) in [7, 11) is 1.63. The van der Waals surface area contributed by atoms with Crippen molar-refractivity contribution in [3.8, 4) is 11.1 Å². The average molecular weight is 662 g/mol. The Labute approximate surface area is 276 Å². The zero-order valence-corrected chi connectivity index (χ0v) is 27.9. The average Bonchev–Trinajstić information content (AvgIpc) is 3.54. The minimum absolute atomic E-state index is 0.135. The SMILES string of the molecule is Cn1c(=O)c2cc(F)c(-c3cnc(C(C)(C)O)nc3)cc2n1Cc1cc(NC2CCCc3cn(C(=O)OC(C)(C)C)nc32)ccc1Cl. The van der Waals surface area contributed by atoms with E-state index in [0.29, 0.717) is 16.1 Å². The maximum absolute atomic E-state index is 15.3. The van der Waals surface area contributed by atoms with Crippen molar-refractivity contribution in [1.82, 2.24) is 29.1 Å². The van der Waals surface area contributed by atoms with Crippen molar-refractivity contribution < 1.29 is 19.0 Å². The van der Waals surface area contributed by atoms with Gasteiger partial charge in [0.1, 0.15) is 17.0 Å². The number of ether oxygens (including phenoxy) is 1. The van der Waals surface area contributed by atoms with Gasteiger partial charge in [0.15, 0.2) is 5.82 Å². The van der Waals surface area contributed by atoms with E-state index in [9.17, 15) is 14.7 Å². The van der Waals surface area contributed by atoms with Crippen LogP contribution in [0.1, 0.15) is 76.1 Å². The fraction of sp³-hybridized carbons (Fsp3) is 0.382. The van der Waals surface area contributed by atoms with Gasteiger partial charge in [0.25, 0.3) is 5.56 Å². The third-order valence-corrected chi connectivity index (χ3v) is 8.51. The Kier molecular flexibility index (Phi) is 8.21. The molecule has 0 spiro atoms. The summed E-state index contributed by atoms with van der Waals surface area (Å²) >= 11 is 6.68. The van der Waals surface area contributed by atoms with E-state index < -0.39 is 23.1 Å². The number of fused-ring (bicyclic) bond motifs is 2. The summed E-state index contributed by atoms with van der Waals surface area (Å²) in [6, 6.07) is 8.29. The minimum Gasteiger partial charge on any atom is -0.442 e. The van der Waals surface area contributed by atoms with Crippen molar-refractivity contribution in [2.45, 2.75) is 77.7 Å². The molecule has 13 heteroatoms. The second-order valence-corrected chi connectivity index (χ2v) is 13.9. The van der Waals surface area contributed by atoms with Crippen LogP contribution in [0.2, 0.25) is 5.02 Å². The molecule has 1 atom stereocenters. The van der Waals surface area contributed by atoms with Crippen molar-refractivity contribution in [3.05, 3.63) is 92.8 Å². The molecule has 5 aromatic rings. The largest absolute Gasteiger partial charge is 0.442 e. The standard InChI is InChI=1S/C34H37ClFN7O4/c1-33(2,3)47-32(45)42-17-19-8-7-9-27(29(19)40-42)39-22-10-11-25(35)20(12-22)18-43-28-14-23(26(36)13-24(28)30(44)41(43)6)21-15-37-31(38-16-21)34(4,5)46/h10-17,27,39,46H,7-9,18H2,1-6H3. The van der Waals surface area contributed by atoms with Crippen LogP contribution in [-0.4, -0.2) is 45.9 Å². The summed E-state index contributed by atoms with van der Waals surface area (Å²) in [6.07, 6.45) is 6.69. The molecule has 47 heavy (non-hydrogen) atoms. The van der Waals surface area contributed by atoms with E-state index >= 15 is 4.39 Å². The molecule has 3 heterocycles. The van der Waals surface area contributed by atoms with Gasteiger partial charge in [0, 0.05) is 47.5 Å². The van der Waals surface area contributed by atoms with Gasteiger partial charge in [-0.05, 0) is 95.3 Å². The van der Waals surface area contributed by atoms with Crippen molar-refractivity contribution in [2.24, 2.45) is 7.05 Å². The molecule has 11 nitrogen and oxygen atoms in total. The van der Waals surface area contributed by atoms with Gasteiger partial charge in [-0.3, -0.25) is 14.2 Å². The monoisotopic (exact) mass is 661 g/mol. The summed E-state index contributed by atoms with van der Waals surface area (Å²) in [6.45, 7) is 8.81. The van der Waals surface area contributed by atoms with Gasteiger partial charge in [0.2, 0.25) is 0 Å². The van der Waals surface area contributed by atoms with E-state index in [4.69, 9.17) is 16.3 Å². The van der Waals surface area contributed by atoms with Gasteiger partial charge in [-0.1, -0.05) is 11.6 Å². The number of nitrogens with zero attached hydrogens (tertiary/aromatic N) is 6. The number of benzene rings is 2. The summed E-state index contributed by atoms with van der Waals surface area (Å²) in [5.41, 5.74) is 2.24. The maximum Gasteiger partial charge on any atom is 0.435 e. The Hall–Kier alpha value is -4.55.